The number of benzene rings is 2. The van der Waals surface area contributed by atoms with Crippen LogP contribution < -0.4 is 4.31 Å². The van der Waals surface area contributed by atoms with Gasteiger partial charge in [0.1, 0.15) is 0 Å². The summed E-state index contributed by atoms with van der Waals surface area (Å²) >= 11 is 0. The highest BCUT2D eigenvalue weighted by Gasteiger charge is 2.61. The van der Waals surface area contributed by atoms with Gasteiger partial charge in [0, 0.05) is 13.1 Å². The van der Waals surface area contributed by atoms with Gasteiger partial charge < -0.3 is 4.90 Å². The van der Waals surface area contributed by atoms with Gasteiger partial charge >= 0.3 is 0 Å². The summed E-state index contributed by atoms with van der Waals surface area (Å²) in [4.78, 5) is 28.8. The van der Waals surface area contributed by atoms with Crippen LogP contribution in [0.2, 0.25) is 0 Å². The normalized spacial score (nSPS) is 22.0. The first-order chi connectivity index (χ1) is 15.3. The molecule has 7 heteroatoms. The summed E-state index contributed by atoms with van der Waals surface area (Å²) in [5.74, 6) is -1.09. The molecule has 1 heterocycles. The van der Waals surface area contributed by atoms with Crippen LogP contribution in [-0.4, -0.2) is 44.1 Å². The fourth-order valence-electron chi connectivity index (χ4n) is 5.03. The lowest BCUT2D eigenvalue weighted by Crippen LogP contribution is -2.57. The number of Topliss-reactive ketones (excluding diaryl/α,β-unsaturated/α-hetero) is 1. The van der Waals surface area contributed by atoms with E-state index in [1.54, 1.807) is 54.6 Å². The molecule has 0 N–H and O–H groups in total. The molecule has 0 bridgehead atoms. The quantitative estimate of drug-likeness (QED) is 0.495. The van der Waals surface area contributed by atoms with Gasteiger partial charge in [0.05, 0.1) is 22.0 Å². The minimum atomic E-state index is -3.95. The van der Waals surface area contributed by atoms with Crippen LogP contribution in [0.4, 0.5) is 5.69 Å². The lowest BCUT2D eigenvalue weighted by Gasteiger charge is -2.40. The van der Waals surface area contributed by atoms with Crippen molar-refractivity contribution >= 4 is 27.4 Å². The van der Waals surface area contributed by atoms with Gasteiger partial charge in [-0.3, -0.25) is 13.9 Å². The van der Waals surface area contributed by atoms with E-state index < -0.39 is 33.2 Å². The van der Waals surface area contributed by atoms with Gasteiger partial charge in [0.15, 0.2) is 0 Å². The van der Waals surface area contributed by atoms with Crippen molar-refractivity contribution in [1.82, 2.24) is 4.90 Å². The lowest BCUT2D eigenvalue weighted by molar-refractivity contribution is -0.147. The van der Waals surface area contributed by atoms with Crippen molar-refractivity contribution in [2.45, 2.75) is 50.0 Å². The van der Waals surface area contributed by atoms with Gasteiger partial charge in [0.25, 0.3) is 15.9 Å². The molecule has 0 unspecified atom stereocenters. The number of para-hydroxylation sites is 1. The highest BCUT2D eigenvalue weighted by Crippen LogP contribution is 2.54. The molecule has 1 aliphatic heterocycles. The topological polar surface area (TPSA) is 74.8 Å². The van der Waals surface area contributed by atoms with Crippen molar-refractivity contribution in [3.05, 3.63) is 71.8 Å². The predicted octanol–water partition coefficient (Wildman–Crippen LogP) is 3.68. The van der Waals surface area contributed by atoms with Crippen molar-refractivity contribution in [2.24, 2.45) is 0 Å². The average molecular weight is 453 g/mol. The van der Waals surface area contributed by atoms with Crippen LogP contribution in [0, 0.1) is 0 Å². The Kier molecular flexibility index (Phi) is 5.71. The van der Waals surface area contributed by atoms with Crippen LogP contribution in [0.1, 0.15) is 39.2 Å². The van der Waals surface area contributed by atoms with Crippen molar-refractivity contribution < 1.29 is 18.0 Å². The largest absolute Gasteiger partial charge is 0.337 e. The van der Waals surface area contributed by atoms with Crippen LogP contribution >= 0.6 is 0 Å². The molecule has 1 amide bonds. The summed E-state index contributed by atoms with van der Waals surface area (Å²) in [7, 11) is -3.95. The van der Waals surface area contributed by atoms with Gasteiger partial charge in [0.2, 0.25) is 5.78 Å². The van der Waals surface area contributed by atoms with Crippen LogP contribution in [-0.2, 0) is 25.0 Å². The number of carbonyl (C=O) groups is 2. The van der Waals surface area contributed by atoms with E-state index in [9.17, 15) is 18.0 Å². The molecule has 2 aliphatic rings. The zero-order valence-corrected chi connectivity index (χ0v) is 19.4. The summed E-state index contributed by atoms with van der Waals surface area (Å²) in [6, 6.07) is 14.7. The number of hydrogen-bond donors (Lipinski definition) is 0. The van der Waals surface area contributed by atoms with Crippen LogP contribution in [0.5, 0.6) is 0 Å². The Morgan fingerprint density at radius 3 is 2.31 bits per heavy atom. The molecule has 2 aromatic carbocycles. The number of hydrogen-bond acceptors (Lipinski definition) is 4. The second-order valence-electron chi connectivity index (χ2n) is 8.38. The number of carbonyl (C=O) groups excluding carboxylic acids is 2. The molecule has 2 atom stereocenters. The molecule has 6 nitrogen and oxygen atoms in total. The number of likely N-dealkylation sites (N-methyl/N-ethyl adjacent to an activating group) is 1. The second kappa shape index (κ2) is 8.20. The van der Waals surface area contributed by atoms with Crippen LogP contribution in [0.15, 0.2) is 71.1 Å². The molecule has 0 spiro atoms. The second-order valence-corrected chi connectivity index (χ2v) is 10.2. The number of sulfonamides is 1. The van der Waals surface area contributed by atoms with Crippen molar-refractivity contribution in [2.75, 3.05) is 17.4 Å². The molecule has 168 valence electrons. The summed E-state index contributed by atoms with van der Waals surface area (Å²) in [6.07, 6.45) is 2.66. The first-order valence-electron chi connectivity index (χ1n) is 11.0. The Hall–Kier alpha value is -2.93. The van der Waals surface area contributed by atoms with Gasteiger partial charge in [-0.25, -0.2) is 8.42 Å². The lowest BCUT2D eigenvalue weighted by atomic mass is 9.66. The van der Waals surface area contributed by atoms with E-state index in [4.69, 9.17) is 0 Å². The minimum Gasteiger partial charge on any atom is -0.337 e. The SMILES string of the molecule is CCN(CC)C(=O)C(=O)[C@@]12CC=C(C)C[C@@H]1N(S(=O)(=O)c1ccccc1)c1ccccc12. The predicted molar refractivity (Wildman–Crippen MR) is 124 cm³/mol. The van der Waals surface area contributed by atoms with E-state index in [1.807, 2.05) is 26.8 Å². The van der Waals surface area contributed by atoms with E-state index in [0.29, 0.717) is 37.2 Å². The first-order valence-corrected chi connectivity index (χ1v) is 12.4. The summed E-state index contributed by atoms with van der Waals surface area (Å²) < 4.78 is 29.1. The maximum absolute atomic E-state index is 13.9. The van der Waals surface area contributed by atoms with Gasteiger partial charge in [-0.1, -0.05) is 48.0 Å². The number of anilines is 1. The van der Waals surface area contributed by atoms with E-state index in [2.05, 4.69) is 0 Å². The number of ketones is 1. The first kappa shape index (κ1) is 22.3. The molecular weight excluding hydrogens is 424 g/mol. The highest BCUT2D eigenvalue weighted by atomic mass is 32.2. The maximum Gasteiger partial charge on any atom is 0.290 e. The molecule has 0 fully saturated rings. The third-order valence-corrected chi connectivity index (χ3v) is 8.55. The Labute approximate surface area is 189 Å². The number of allylic oxidation sites excluding steroid dienone is 1. The molecule has 0 radical (unpaired) electrons. The number of amides is 1. The fourth-order valence-corrected chi connectivity index (χ4v) is 6.77. The van der Waals surface area contributed by atoms with E-state index in [-0.39, 0.29) is 4.90 Å². The third kappa shape index (κ3) is 3.18. The van der Waals surface area contributed by atoms with Crippen LogP contribution in [0.25, 0.3) is 0 Å². The van der Waals surface area contributed by atoms with Crippen molar-refractivity contribution in [1.29, 1.82) is 0 Å². The Bertz CT molecular complexity index is 1190. The van der Waals surface area contributed by atoms with Crippen molar-refractivity contribution in [3.8, 4) is 0 Å². The Balaban J connectivity index is 1.95. The number of rotatable bonds is 6. The summed E-state index contributed by atoms with van der Waals surface area (Å²) in [5, 5.41) is 0. The van der Waals surface area contributed by atoms with Gasteiger partial charge in [-0.05, 0) is 57.4 Å². The molecular formula is C25H28N2O4S. The van der Waals surface area contributed by atoms with E-state index >= 15 is 0 Å². The minimum absolute atomic E-state index is 0.167. The standard InChI is InChI=1S/C25H28N2O4S/c1-4-26(5-2)24(29)23(28)25-16-15-18(3)17-22(25)27(21-14-10-9-13-20(21)25)32(30,31)19-11-7-6-8-12-19/h6-15,22H,4-5,16-17H2,1-3H3/t22-,25+/m0/s1. The summed E-state index contributed by atoms with van der Waals surface area (Å²) in [6.45, 7) is 6.46. The van der Waals surface area contributed by atoms with E-state index in [0.717, 1.165) is 5.57 Å². The van der Waals surface area contributed by atoms with Crippen LogP contribution in [0.3, 0.4) is 0 Å². The molecule has 0 saturated heterocycles. The molecule has 1 aliphatic carbocycles. The number of nitrogens with zero attached hydrogens (tertiary/aromatic N) is 2. The zero-order valence-electron chi connectivity index (χ0n) is 18.6. The van der Waals surface area contributed by atoms with Gasteiger partial charge in [-0.15, -0.1) is 0 Å². The molecule has 4 rings (SSSR count). The zero-order chi connectivity index (χ0) is 23.1. The average Bonchev–Trinajstić information content (AvgIpc) is 3.11. The summed E-state index contributed by atoms with van der Waals surface area (Å²) in [5.41, 5.74) is 0.858. The molecule has 0 saturated carbocycles. The molecule has 32 heavy (non-hydrogen) atoms. The number of fused-ring (bicyclic) bond motifs is 3. The Morgan fingerprint density at radius 2 is 1.66 bits per heavy atom. The maximum atomic E-state index is 13.9. The molecule has 0 aromatic heterocycles. The Morgan fingerprint density at radius 1 is 1.03 bits per heavy atom. The fraction of sp³-hybridized carbons (Fsp3) is 0.360. The van der Waals surface area contributed by atoms with Gasteiger partial charge in [-0.2, -0.15) is 0 Å². The smallest absolute Gasteiger partial charge is 0.290 e. The van der Waals surface area contributed by atoms with E-state index in [1.165, 1.54) is 9.21 Å². The third-order valence-electron chi connectivity index (χ3n) is 6.71. The molecule has 2 aromatic rings. The highest BCUT2D eigenvalue weighted by molar-refractivity contribution is 7.93. The monoisotopic (exact) mass is 452 g/mol. The van der Waals surface area contributed by atoms with Crippen molar-refractivity contribution in [3.63, 3.8) is 0 Å².